The third-order valence-corrected chi connectivity index (χ3v) is 3.55. The van der Waals surface area contributed by atoms with Crippen LogP contribution in [0.3, 0.4) is 0 Å². The molecule has 1 unspecified atom stereocenters. The summed E-state index contributed by atoms with van der Waals surface area (Å²) in [5.74, 6) is 1.49. The molecule has 1 atom stereocenters. The summed E-state index contributed by atoms with van der Waals surface area (Å²) >= 11 is 3.53. The molecular weight excluding hydrogens is 322 g/mol. The Bertz CT molecular complexity index is 408. The van der Waals surface area contributed by atoms with Crippen LogP contribution in [-0.2, 0) is 6.54 Å². The van der Waals surface area contributed by atoms with Crippen LogP contribution in [0.25, 0.3) is 0 Å². The van der Waals surface area contributed by atoms with Crippen LogP contribution < -0.4 is 14.8 Å². The Morgan fingerprint density at radius 1 is 1.20 bits per heavy atom. The number of aliphatic hydroxyl groups is 1. The number of benzene rings is 1. The molecule has 0 fully saturated rings. The van der Waals surface area contributed by atoms with Gasteiger partial charge < -0.3 is 19.9 Å². The van der Waals surface area contributed by atoms with Gasteiger partial charge in [0.25, 0.3) is 0 Å². The van der Waals surface area contributed by atoms with E-state index in [0.717, 1.165) is 28.0 Å². The van der Waals surface area contributed by atoms with Gasteiger partial charge in [-0.25, -0.2) is 0 Å². The molecule has 114 valence electrons. The van der Waals surface area contributed by atoms with Gasteiger partial charge in [0.1, 0.15) is 0 Å². The van der Waals surface area contributed by atoms with Crippen molar-refractivity contribution in [3.8, 4) is 11.5 Å². The van der Waals surface area contributed by atoms with Crippen molar-refractivity contribution in [1.82, 2.24) is 5.32 Å². The lowest BCUT2D eigenvalue weighted by atomic mass is 10.1. The summed E-state index contributed by atoms with van der Waals surface area (Å²) in [6.45, 7) is 7.97. The van der Waals surface area contributed by atoms with Gasteiger partial charge in [-0.1, -0.05) is 6.92 Å². The van der Waals surface area contributed by atoms with E-state index in [9.17, 15) is 5.11 Å². The van der Waals surface area contributed by atoms with Gasteiger partial charge in [-0.3, -0.25) is 0 Å². The second-order valence-electron chi connectivity index (χ2n) is 4.44. The van der Waals surface area contributed by atoms with Gasteiger partial charge in [-0.2, -0.15) is 0 Å². The molecule has 0 saturated carbocycles. The van der Waals surface area contributed by atoms with Crippen LogP contribution in [0.15, 0.2) is 16.6 Å². The van der Waals surface area contributed by atoms with Gasteiger partial charge in [0.15, 0.2) is 11.5 Å². The SMILES string of the molecule is CCOc1cc(CNC(CC)CO)cc(Br)c1OCC. The monoisotopic (exact) mass is 345 g/mol. The van der Waals surface area contributed by atoms with Gasteiger partial charge in [0.05, 0.1) is 24.3 Å². The van der Waals surface area contributed by atoms with Gasteiger partial charge in [-0.05, 0) is 53.9 Å². The molecule has 0 spiro atoms. The lowest BCUT2D eigenvalue weighted by Crippen LogP contribution is -2.31. The quantitative estimate of drug-likeness (QED) is 0.721. The maximum Gasteiger partial charge on any atom is 0.175 e. The summed E-state index contributed by atoms with van der Waals surface area (Å²) in [4.78, 5) is 0. The molecule has 1 aromatic carbocycles. The Morgan fingerprint density at radius 3 is 2.45 bits per heavy atom. The van der Waals surface area contributed by atoms with Crippen LogP contribution in [0.2, 0.25) is 0 Å². The highest BCUT2D eigenvalue weighted by atomic mass is 79.9. The van der Waals surface area contributed by atoms with E-state index in [1.54, 1.807) is 0 Å². The molecule has 5 heteroatoms. The normalized spacial score (nSPS) is 12.2. The minimum absolute atomic E-state index is 0.121. The average Bonchev–Trinajstić information content (AvgIpc) is 2.44. The van der Waals surface area contributed by atoms with Crippen molar-refractivity contribution in [2.75, 3.05) is 19.8 Å². The van der Waals surface area contributed by atoms with Crippen molar-refractivity contribution in [3.63, 3.8) is 0 Å². The number of ether oxygens (including phenoxy) is 2. The molecule has 1 rings (SSSR count). The minimum Gasteiger partial charge on any atom is -0.490 e. The van der Waals surface area contributed by atoms with Crippen LogP contribution in [0.4, 0.5) is 0 Å². The molecule has 0 aliphatic heterocycles. The summed E-state index contributed by atoms with van der Waals surface area (Å²) in [6, 6.07) is 4.12. The number of rotatable bonds is 9. The third kappa shape index (κ3) is 4.96. The first-order valence-electron chi connectivity index (χ1n) is 7.08. The zero-order chi connectivity index (χ0) is 15.0. The standard InChI is InChI=1S/C15H24BrNO3/c1-4-12(10-18)17-9-11-7-13(16)15(20-6-3)14(8-11)19-5-2/h7-8,12,17-18H,4-6,9-10H2,1-3H3. The summed E-state index contributed by atoms with van der Waals surface area (Å²) in [5, 5.41) is 12.5. The molecule has 0 aliphatic rings. The van der Waals surface area contributed by atoms with Crippen LogP contribution in [0, 0.1) is 0 Å². The highest BCUT2D eigenvalue weighted by molar-refractivity contribution is 9.10. The molecule has 0 bridgehead atoms. The van der Waals surface area contributed by atoms with Gasteiger partial charge in [0, 0.05) is 12.6 Å². The van der Waals surface area contributed by atoms with Crippen molar-refractivity contribution < 1.29 is 14.6 Å². The predicted octanol–water partition coefficient (Wildman–Crippen LogP) is 3.11. The maximum absolute atomic E-state index is 9.20. The predicted molar refractivity (Wildman–Crippen MR) is 84.5 cm³/mol. The molecule has 0 saturated heterocycles. The van der Waals surface area contributed by atoms with E-state index in [1.807, 2.05) is 32.9 Å². The van der Waals surface area contributed by atoms with Gasteiger partial charge in [-0.15, -0.1) is 0 Å². The van der Waals surface area contributed by atoms with E-state index in [-0.39, 0.29) is 12.6 Å². The number of aliphatic hydroxyl groups excluding tert-OH is 1. The Morgan fingerprint density at radius 2 is 1.90 bits per heavy atom. The zero-order valence-corrected chi connectivity index (χ0v) is 14.0. The van der Waals surface area contributed by atoms with Gasteiger partial charge in [0.2, 0.25) is 0 Å². The zero-order valence-electron chi connectivity index (χ0n) is 12.4. The molecule has 0 heterocycles. The molecule has 0 radical (unpaired) electrons. The van der Waals surface area contributed by atoms with Crippen molar-refractivity contribution in [2.45, 2.75) is 39.8 Å². The molecule has 0 aliphatic carbocycles. The topological polar surface area (TPSA) is 50.7 Å². The van der Waals surface area contributed by atoms with E-state index in [4.69, 9.17) is 9.47 Å². The molecule has 1 aromatic rings. The fourth-order valence-corrected chi connectivity index (χ4v) is 2.47. The Labute approximate surface area is 129 Å². The van der Waals surface area contributed by atoms with E-state index in [1.165, 1.54) is 0 Å². The van der Waals surface area contributed by atoms with E-state index in [2.05, 4.69) is 21.2 Å². The number of hydrogen-bond acceptors (Lipinski definition) is 4. The minimum atomic E-state index is 0.121. The molecule has 4 nitrogen and oxygen atoms in total. The highest BCUT2D eigenvalue weighted by Gasteiger charge is 2.12. The fourth-order valence-electron chi connectivity index (χ4n) is 1.87. The smallest absolute Gasteiger partial charge is 0.175 e. The number of hydrogen-bond donors (Lipinski definition) is 2. The van der Waals surface area contributed by atoms with Crippen molar-refractivity contribution in [2.24, 2.45) is 0 Å². The van der Waals surface area contributed by atoms with E-state index in [0.29, 0.717) is 19.8 Å². The summed E-state index contributed by atoms with van der Waals surface area (Å²) in [6.07, 6.45) is 0.896. The first-order chi connectivity index (χ1) is 9.65. The van der Waals surface area contributed by atoms with Crippen LogP contribution in [0.5, 0.6) is 11.5 Å². The molecular formula is C15H24BrNO3. The van der Waals surface area contributed by atoms with E-state index >= 15 is 0 Å². The fraction of sp³-hybridized carbons (Fsp3) is 0.600. The summed E-state index contributed by atoms with van der Waals surface area (Å²) in [5.41, 5.74) is 1.09. The highest BCUT2D eigenvalue weighted by Crippen LogP contribution is 2.36. The number of nitrogens with one attached hydrogen (secondary N) is 1. The van der Waals surface area contributed by atoms with Crippen molar-refractivity contribution >= 4 is 15.9 Å². The first kappa shape index (κ1) is 17.3. The largest absolute Gasteiger partial charge is 0.490 e. The summed E-state index contributed by atoms with van der Waals surface area (Å²) in [7, 11) is 0. The lowest BCUT2D eigenvalue weighted by Gasteiger charge is -2.17. The summed E-state index contributed by atoms with van der Waals surface area (Å²) < 4.78 is 12.1. The first-order valence-corrected chi connectivity index (χ1v) is 7.87. The lowest BCUT2D eigenvalue weighted by molar-refractivity contribution is 0.238. The molecule has 0 aromatic heterocycles. The van der Waals surface area contributed by atoms with Crippen molar-refractivity contribution in [3.05, 3.63) is 22.2 Å². The van der Waals surface area contributed by atoms with E-state index < -0.39 is 0 Å². The Kier molecular flexibility index (Phi) is 7.95. The Hall–Kier alpha value is -0.780. The van der Waals surface area contributed by atoms with Crippen LogP contribution in [0.1, 0.15) is 32.8 Å². The molecule has 20 heavy (non-hydrogen) atoms. The van der Waals surface area contributed by atoms with Crippen LogP contribution in [-0.4, -0.2) is 31.0 Å². The molecule has 0 amide bonds. The molecule has 2 N–H and O–H groups in total. The Balaban J connectivity index is 2.87. The second-order valence-corrected chi connectivity index (χ2v) is 5.29. The maximum atomic E-state index is 9.20. The van der Waals surface area contributed by atoms with Gasteiger partial charge >= 0.3 is 0 Å². The van der Waals surface area contributed by atoms with Crippen molar-refractivity contribution in [1.29, 1.82) is 0 Å². The van der Waals surface area contributed by atoms with Crippen LogP contribution >= 0.6 is 15.9 Å². The third-order valence-electron chi connectivity index (χ3n) is 2.97. The number of halogens is 1. The average molecular weight is 346 g/mol. The second kappa shape index (κ2) is 9.21.